The molecule has 0 bridgehead atoms. The van der Waals surface area contributed by atoms with E-state index in [2.05, 4.69) is 0 Å². The molecule has 2 rings (SSSR count). The van der Waals surface area contributed by atoms with Crippen molar-refractivity contribution in [2.24, 2.45) is 5.41 Å². The summed E-state index contributed by atoms with van der Waals surface area (Å²) >= 11 is 0. The lowest BCUT2D eigenvalue weighted by molar-refractivity contribution is -0.150. The third-order valence-corrected chi connectivity index (χ3v) is 3.74. The summed E-state index contributed by atoms with van der Waals surface area (Å²) in [5, 5.41) is 9.26. The topological polar surface area (TPSA) is 70.8 Å². The summed E-state index contributed by atoms with van der Waals surface area (Å²) in [6, 6.07) is 1.81. The van der Waals surface area contributed by atoms with E-state index in [1.807, 2.05) is 13.0 Å². The molecule has 5 heteroatoms. The highest BCUT2D eigenvalue weighted by molar-refractivity contribution is 5.93. The smallest absolute Gasteiger partial charge is 0.311 e. The fraction of sp³-hybridized carbons (Fsp3) is 0.571. The van der Waals surface area contributed by atoms with Crippen LogP contribution in [0.2, 0.25) is 0 Å². The van der Waals surface area contributed by atoms with Crippen LogP contribution >= 0.6 is 0 Å². The number of hydrogen-bond donors (Lipinski definition) is 1. The Labute approximate surface area is 112 Å². The summed E-state index contributed by atoms with van der Waals surface area (Å²) in [5.41, 5.74) is -0.0613. The number of hydrogen-bond acceptors (Lipinski definition) is 3. The molecular weight excluding hydrogens is 246 g/mol. The van der Waals surface area contributed by atoms with Gasteiger partial charge in [-0.2, -0.15) is 0 Å². The van der Waals surface area contributed by atoms with Crippen LogP contribution < -0.4 is 0 Å². The molecule has 1 aromatic heterocycles. The number of carbonyl (C=O) groups is 2. The monoisotopic (exact) mass is 265 g/mol. The maximum atomic E-state index is 12.4. The first-order chi connectivity index (χ1) is 8.83. The largest absolute Gasteiger partial charge is 0.481 e. The van der Waals surface area contributed by atoms with E-state index in [0.717, 1.165) is 5.56 Å². The number of furan rings is 1. The van der Waals surface area contributed by atoms with Crippen LogP contribution in [0.5, 0.6) is 0 Å². The number of aryl methyl sites for hydroxylation is 2. The Balaban J connectivity index is 2.20. The molecule has 1 atom stereocenters. The molecule has 1 saturated heterocycles. The van der Waals surface area contributed by atoms with Gasteiger partial charge in [0, 0.05) is 18.7 Å². The second-order valence-corrected chi connectivity index (χ2v) is 5.57. The Bertz CT molecular complexity index is 520. The summed E-state index contributed by atoms with van der Waals surface area (Å²) in [5.74, 6) is -0.0406. The zero-order valence-corrected chi connectivity index (χ0v) is 11.5. The molecule has 1 aliphatic heterocycles. The minimum absolute atomic E-state index is 0.210. The van der Waals surface area contributed by atoms with Crippen molar-refractivity contribution in [1.29, 1.82) is 0 Å². The number of rotatable bonds is 2. The van der Waals surface area contributed by atoms with Gasteiger partial charge in [0.05, 0.1) is 5.41 Å². The number of likely N-dealkylation sites (tertiary alicyclic amines) is 1. The molecule has 104 valence electrons. The summed E-state index contributed by atoms with van der Waals surface area (Å²) in [4.78, 5) is 25.3. The van der Waals surface area contributed by atoms with E-state index in [1.165, 1.54) is 0 Å². The molecule has 0 aliphatic carbocycles. The molecule has 5 nitrogen and oxygen atoms in total. The zero-order valence-electron chi connectivity index (χ0n) is 11.5. The number of aliphatic carboxylic acids is 1. The van der Waals surface area contributed by atoms with Crippen molar-refractivity contribution in [1.82, 2.24) is 4.90 Å². The first kappa shape index (κ1) is 13.6. The Kier molecular flexibility index (Phi) is 3.39. The van der Waals surface area contributed by atoms with Crippen molar-refractivity contribution in [3.8, 4) is 0 Å². The number of amides is 1. The van der Waals surface area contributed by atoms with Crippen LogP contribution in [-0.4, -0.2) is 35.0 Å². The number of nitrogens with zero attached hydrogens (tertiary/aromatic N) is 1. The van der Waals surface area contributed by atoms with Gasteiger partial charge in [-0.3, -0.25) is 9.59 Å². The Morgan fingerprint density at radius 1 is 1.42 bits per heavy atom. The second-order valence-electron chi connectivity index (χ2n) is 5.57. The molecule has 0 radical (unpaired) electrons. The van der Waals surface area contributed by atoms with Crippen LogP contribution in [-0.2, 0) is 4.79 Å². The van der Waals surface area contributed by atoms with Crippen molar-refractivity contribution in [3.05, 3.63) is 23.2 Å². The summed E-state index contributed by atoms with van der Waals surface area (Å²) in [6.07, 6.45) is 1.30. The van der Waals surface area contributed by atoms with Crippen LogP contribution in [0.3, 0.4) is 0 Å². The van der Waals surface area contributed by atoms with Crippen LogP contribution in [0.1, 0.15) is 41.6 Å². The molecule has 0 aromatic carbocycles. The molecule has 1 fully saturated rings. The fourth-order valence-electron chi connectivity index (χ4n) is 2.58. The van der Waals surface area contributed by atoms with Gasteiger partial charge in [-0.25, -0.2) is 0 Å². The third-order valence-electron chi connectivity index (χ3n) is 3.74. The molecule has 0 saturated carbocycles. The van der Waals surface area contributed by atoms with Crippen molar-refractivity contribution in [2.45, 2.75) is 33.6 Å². The molecule has 1 unspecified atom stereocenters. The van der Waals surface area contributed by atoms with Gasteiger partial charge < -0.3 is 14.4 Å². The standard InChI is InChI=1S/C14H19NO4/c1-9-7-10(2)19-11(9)12(16)15-6-4-5-14(3,8-15)13(17)18/h7H,4-6,8H2,1-3H3,(H,17,18). The number of carboxylic acids is 1. The van der Waals surface area contributed by atoms with Crippen molar-refractivity contribution >= 4 is 11.9 Å². The first-order valence-corrected chi connectivity index (χ1v) is 6.43. The first-order valence-electron chi connectivity index (χ1n) is 6.43. The van der Waals surface area contributed by atoms with Crippen molar-refractivity contribution in [2.75, 3.05) is 13.1 Å². The minimum Gasteiger partial charge on any atom is -0.481 e. The summed E-state index contributed by atoms with van der Waals surface area (Å²) in [6.45, 7) is 6.13. The molecule has 1 amide bonds. The second kappa shape index (κ2) is 4.72. The lowest BCUT2D eigenvalue weighted by Gasteiger charge is -2.37. The van der Waals surface area contributed by atoms with Gasteiger partial charge in [0.1, 0.15) is 5.76 Å². The number of carboxylic acid groups (broad SMARTS) is 1. The highest BCUT2D eigenvalue weighted by Gasteiger charge is 2.40. The minimum atomic E-state index is -0.858. The molecule has 1 N–H and O–H groups in total. The molecule has 2 heterocycles. The van der Waals surface area contributed by atoms with E-state index >= 15 is 0 Å². The molecule has 19 heavy (non-hydrogen) atoms. The third kappa shape index (κ3) is 2.50. The Hall–Kier alpha value is -1.78. The summed E-state index contributed by atoms with van der Waals surface area (Å²) < 4.78 is 5.42. The van der Waals surface area contributed by atoms with Gasteiger partial charge >= 0.3 is 5.97 Å². The van der Waals surface area contributed by atoms with Gasteiger partial charge in [0.15, 0.2) is 5.76 Å². The van der Waals surface area contributed by atoms with Gasteiger partial charge in [-0.1, -0.05) is 0 Å². The van der Waals surface area contributed by atoms with Crippen LogP contribution in [0.4, 0.5) is 0 Å². The van der Waals surface area contributed by atoms with Crippen LogP contribution in [0.25, 0.3) is 0 Å². The summed E-state index contributed by atoms with van der Waals surface area (Å²) in [7, 11) is 0. The van der Waals surface area contributed by atoms with E-state index in [0.29, 0.717) is 30.9 Å². The maximum Gasteiger partial charge on any atom is 0.311 e. The average Bonchev–Trinajstić information content (AvgIpc) is 2.67. The van der Waals surface area contributed by atoms with Gasteiger partial charge in [-0.05, 0) is 39.7 Å². The van der Waals surface area contributed by atoms with E-state index in [9.17, 15) is 14.7 Å². The Morgan fingerprint density at radius 3 is 2.63 bits per heavy atom. The maximum absolute atomic E-state index is 12.4. The predicted molar refractivity (Wildman–Crippen MR) is 69.1 cm³/mol. The van der Waals surface area contributed by atoms with Gasteiger partial charge in [-0.15, -0.1) is 0 Å². The predicted octanol–water partition coefficient (Wildman–Crippen LogP) is 2.22. The van der Waals surface area contributed by atoms with Gasteiger partial charge in [0.25, 0.3) is 5.91 Å². The zero-order chi connectivity index (χ0) is 14.2. The van der Waals surface area contributed by atoms with E-state index < -0.39 is 11.4 Å². The van der Waals surface area contributed by atoms with E-state index in [-0.39, 0.29) is 12.5 Å². The lowest BCUT2D eigenvalue weighted by Crippen LogP contribution is -2.48. The Morgan fingerprint density at radius 2 is 2.11 bits per heavy atom. The van der Waals surface area contributed by atoms with Crippen LogP contribution in [0, 0.1) is 19.3 Å². The highest BCUT2D eigenvalue weighted by Crippen LogP contribution is 2.31. The van der Waals surface area contributed by atoms with Gasteiger partial charge in [0.2, 0.25) is 0 Å². The number of piperidine rings is 1. The average molecular weight is 265 g/mol. The highest BCUT2D eigenvalue weighted by atomic mass is 16.4. The molecular formula is C14H19NO4. The molecule has 1 aliphatic rings. The van der Waals surface area contributed by atoms with Crippen LogP contribution in [0.15, 0.2) is 10.5 Å². The van der Waals surface area contributed by atoms with Crippen molar-refractivity contribution < 1.29 is 19.1 Å². The van der Waals surface area contributed by atoms with Crippen molar-refractivity contribution in [3.63, 3.8) is 0 Å². The molecule has 0 spiro atoms. The fourth-order valence-corrected chi connectivity index (χ4v) is 2.58. The quantitative estimate of drug-likeness (QED) is 0.890. The molecule has 1 aromatic rings. The van der Waals surface area contributed by atoms with E-state index in [4.69, 9.17) is 4.42 Å². The SMILES string of the molecule is Cc1cc(C)c(C(=O)N2CCCC(C)(C(=O)O)C2)o1. The van der Waals surface area contributed by atoms with E-state index in [1.54, 1.807) is 18.7 Å². The lowest BCUT2D eigenvalue weighted by atomic mass is 9.82. The normalized spacial score (nSPS) is 23.4. The number of carbonyl (C=O) groups excluding carboxylic acids is 1.